The number of aryl methyl sites for hydroxylation is 9. The first-order valence-corrected chi connectivity index (χ1v) is 32.0. The molecule has 0 aliphatic carbocycles. The van der Waals surface area contributed by atoms with Gasteiger partial charge >= 0.3 is 34.1 Å². The van der Waals surface area contributed by atoms with Gasteiger partial charge in [0.25, 0.3) is 0 Å². The summed E-state index contributed by atoms with van der Waals surface area (Å²) in [5, 5.41) is 0. The smallest absolute Gasteiger partial charge is 0.358 e. The van der Waals surface area contributed by atoms with Crippen molar-refractivity contribution in [2.75, 3.05) is 0 Å². The van der Waals surface area contributed by atoms with Gasteiger partial charge in [0.15, 0.2) is 0 Å². The molecular formula is C89H112Fe2. The Labute approximate surface area is 579 Å². The molecule has 0 saturated carbocycles. The van der Waals surface area contributed by atoms with Crippen LogP contribution in [0.15, 0.2) is 249 Å². The molecule has 0 fully saturated rings. The van der Waals surface area contributed by atoms with Crippen LogP contribution in [0, 0.1) is 50.5 Å². The Morgan fingerprint density at radius 1 is 0.308 bits per heavy atom. The third-order valence-electron chi connectivity index (χ3n) is 16.2. The average Bonchev–Trinajstić information content (AvgIpc) is 1.83. The van der Waals surface area contributed by atoms with E-state index in [0.29, 0.717) is 0 Å². The number of rotatable bonds is 14. The second kappa shape index (κ2) is 48.7. The second-order valence-corrected chi connectivity index (χ2v) is 21.5. The van der Waals surface area contributed by atoms with E-state index in [1.54, 1.807) is 0 Å². The minimum Gasteiger partial charge on any atom is -0.358 e. The molecule has 0 spiro atoms. The van der Waals surface area contributed by atoms with E-state index in [0.717, 1.165) is 38.5 Å². The molecule has 0 N–H and O–H groups in total. The topological polar surface area (TPSA) is 0 Å². The van der Waals surface area contributed by atoms with Gasteiger partial charge < -0.3 is 29.7 Å². The molecule has 0 heterocycles. The van der Waals surface area contributed by atoms with Crippen molar-refractivity contribution in [3.8, 4) is 44.5 Å². The summed E-state index contributed by atoms with van der Waals surface area (Å²) in [6.07, 6.45) is 11.3. The molecule has 0 aliphatic heterocycles. The second-order valence-electron chi connectivity index (χ2n) is 21.5. The van der Waals surface area contributed by atoms with Crippen molar-refractivity contribution in [3.05, 3.63) is 351 Å². The minimum atomic E-state index is 0. The van der Waals surface area contributed by atoms with Crippen molar-refractivity contribution in [1.82, 2.24) is 0 Å². The van der Waals surface area contributed by atoms with E-state index in [9.17, 15) is 0 Å². The van der Waals surface area contributed by atoms with Crippen molar-refractivity contribution >= 4 is 0 Å². The molecule has 484 valence electrons. The molecule has 11 aromatic carbocycles. The van der Waals surface area contributed by atoms with Crippen LogP contribution in [0.5, 0.6) is 0 Å². The number of benzene rings is 7. The van der Waals surface area contributed by atoms with Gasteiger partial charge in [-0.1, -0.05) is 260 Å². The maximum Gasteiger partial charge on any atom is 4.00 e. The van der Waals surface area contributed by atoms with Crippen LogP contribution in [0.3, 0.4) is 0 Å². The molecular weight excluding hydrogens is 1180 g/mol. The van der Waals surface area contributed by atoms with Crippen LogP contribution >= 0.6 is 0 Å². The average molecular weight is 1290 g/mol. The number of hydrogen-bond acceptors (Lipinski definition) is 0. The third-order valence-corrected chi connectivity index (χ3v) is 16.2. The molecule has 11 rings (SSSR count). The summed E-state index contributed by atoms with van der Waals surface area (Å²) in [6, 6.07) is 87.9. The SMILES string of the molecule is CCc1c(CC)c(-c2ccccc2)c(C)c(C)c1-c1ccccc1.CCc1cc(-c2ccccc2)c(-c2ccccc2)cc1CC.CCc1ccc[c-]1CC.CCc1ccc[c-]1CC.CCc1ccccc1CC.Cc1ccc[cH-]1.[CH3-].[CH3-].[CH3-].[CH3-].[Fe+4].[Fe+4].c1cc[cH-]c1. The van der Waals surface area contributed by atoms with Crippen molar-refractivity contribution in [2.24, 2.45) is 0 Å². The van der Waals surface area contributed by atoms with E-state index in [1.807, 2.05) is 42.5 Å². The molecule has 0 aromatic heterocycles. The summed E-state index contributed by atoms with van der Waals surface area (Å²) in [7, 11) is 0. The van der Waals surface area contributed by atoms with Gasteiger partial charge in [0, 0.05) is 0 Å². The standard InChI is InChI=1S/C24H26.C22H22.C10H14.2C9H13.C6H7.C5H5.4CH3.2Fe/c1-5-21-22(6-2)24(20-15-11-8-12-16-20)18(4)17(3)23(21)19-13-9-7-10-14-19;1-3-17-15-21(19-11-7-5-8-12-19)22(16-18(17)4-2)20-13-9-6-10-14-20;1-3-9-7-5-6-8-10(9)4-2;2*1-3-8-6-5-7-9(8)4-2;1-6-4-2-3-5-6;1-2-4-5-3-1;;;;;;/h7-16H,5-6H2,1-4H3;5-16H,3-4H2,1-2H3;5-8H,3-4H2,1-2H3;2*5-7H,3-4H2,1-2H3;2-5H,1H3;1-5H;4*1H3;;/q;;;8*-1;2*+4. The summed E-state index contributed by atoms with van der Waals surface area (Å²) in [5.74, 6) is 0. The van der Waals surface area contributed by atoms with Gasteiger partial charge in [-0.2, -0.15) is 70.3 Å². The van der Waals surface area contributed by atoms with Crippen LogP contribution in [0.1, 0.15) is 142 Å². The van der Waals surface area contributed by atoms with E-state index >= 15 is 0 Å². The molecule has 0 saturated heterocycles. The predicted molar refractivity (Wildman–Crippen MR) is 403 cm³/mol. The van der Waals surface area contributed by atoms with Gasteiger partial charge in [-0.25, -0.2) is 48.5 Å². The largest absolute Gasteiger partial charge is 4.00 e. The van der Waals surface area contributed by atoms with Gasteiger partial charge in [-0.3, -0.25) is 0 Å². The summed E-state index contributed by atoms with van der Waals surface area (Å²) in [6.45, 7) is 28.9. The van der Waals surface area contributed by atoms with E-state index in [2.05, 4.69) is 296 Å². The molecule has 91 heavy (non-hydrogen) atoms. The third kappa shape index (κ3) is 26.2. The zero-order valence-corrected chi connectivity index (χ0v) is 61.2. The number of hydrogen-bond donors (Lipinski definition) is 0. The Hall–Kier alpha value is -7.02. The molecule has 0 aliphatic rings. The summed E-state index contributed by atoms with van der Waals surface area (Å²) in [4.78, 5) is 0. The first-order chi connectivity index (χ1) is 41.6. The van der Waals surface area contributed by atoms with E-state index in [4.69, 9.17) is 0 Å². The van der Waals surface area contributed by atoms with Crippen molar-refractivity contribution < 1.29 is 34.1 Å². The fourth-order valence-corrected chi connectivity index (χ4v) is 11.4. The maximum atomic E-state index is 2.39. The molecule has 0 amide bonds. The minimum absolute atomic E-state index is 0. The summed E-state index contributed by atoms with van der Waals surface area (Å²) >= 11 is 0. The van der Waals surface area contributed by atoms with Gasteiger partial charge in [0.05, 0.1) is 0 Å². The fourth-order valence-electron chi connectivity index (χ4n) is 11.4. The van der Waals surface area contributed by atoms with Gasteiger partial charge in [0.2, 0.25) is 0 Å². The van der Waals surface area contributed by atoms with Gasteiger partial charge in [-0.15, -0.1) is 0 Å². The Morgan fingerprint density at radius 2 is 0.637 bits per heavy atom. The van der Waals surface area contributed by atoms with E-state index in [1.165, 1.54) is 143 Å². The Balaban J connectivity index is 0. The van der Waals surface area contributed by atoms with Crippen molar-refractivity contribution in [1.29, 1.82) is 0 Å². The van der Waals surface area contributed by atoms with Crippen molar-refractivity contribution in [3.63, 3.8) is 0 Å². The van der Waals surface area contributed by atoms with E-state index < -0.39 is 0 Å². The summed E-state index contributed by atoms with van der Waals surface area (Å²) in [5.41, 5.74) is 29.9. The zero-order valence-electron chi connectivity index (χ0n) is 58.9. The monoisotopic (exact) mass is 1290 g/mol. The fraction of sp³-hybridized carbons (Fsp3) is 0.258. The van der Waals surface area contributed by atoms with Crippen LogP contribution in [0.25, 0.3) is 44.5 Å². The van der Waals surface area contributed by atoms with E-state index in [-0.39, 0.29) is 63.8 Å². The van der Waals surface area contributed by atoms with Gasteiger partial charge in [-0.05, 0) is 141 Å². The summed E-state index contributed by atoms with van der Waals surface area (Å²) < 4.78 is 0. The quantitative estimate of drug-likeness (QED) is 0.0752. The molecule has 0 nitrogen and oxygen atoms in total. The molecule has 0 atom stereocenters. The normalized spacial score (nSPS) is 9.51. The Morgan fingerprint density at radius 3 is 0.868 bits per heavy atom. The predicted octanol–water partition coefficient (Wildman–Crippen LogP) is 25.7. The van der Waals surface area contributed by atoms with Crippen molar-refractivity contribution in [2.45, 2.75) is 154 Å². The first kappa shape index (κ1) is 86.0. The Kier molecular flexibility index (Phi) is 46.1. The molecule has 0 unspecified atom stereocenters. The van der Waals surface area contributed by atoms with Crippen LogP contribution in [-0.2, 0) is 98.3 Å². The zero-order chi connectivity index (χ0) is 61.2. The molecule has 11 aromatic rings. The molecule has 0 bridgehead atoms. The molecule has 2 heteroatoms. The van der Waals surface area contributed by atoms with Gasteiger partial charge in [0.1, 0.15) is 0 Å². The van der Waals surface area contributed by atoms with Crippen LogP contribution in [0.4, 0.5) is 0 Å². The maximum absolute atomic E-state index is 2.39. The molecule has 0 radical (unpaired) electrons. The first-order valence-electron chi connectivity index (χ1n) is 32.0. The van der Waals surface area contributed by atoms with Crippen LogP contribution in [-0.4, -0.2) is 0 Å². The van der Waals surface area contributed by atoms with Crippen LogP contribution in [0.2, 0.25) is 0 Å². The van der Waals surface area contributed by atoms with Crippen LogP contribution < -0.4 is 0 Å². The Bertz CT molecular complexity index is 3220.